The molecule has 1 heterocycles. The number of hydrogen-bond acceptors (Lipinski definition) is 7. The van der Waals surface area contributed by atoms with Crippen LogP contribution in [-0.4, -0.2) is 26.8 Å². The molecular weight excluding hydrogens is 436 g/mol. The molecule has 0 radical (unpaired) electrons. The van der Waals surface area contributed by atoms with E-state index in [1.54, 1.807) is 30.3 Å². The Morgan fingerprint density at radius 3 is 2.44 bits per heavy atom. The highest BCUT2D eigenvalue weighted by Crippen LogP contribution is 2.43. The molecule has 0 atom stereocenters. The van der Waals surface area contributed by atoms with Crippen LogP contribution in [0.5, 0.6) is 17.2 Å². The first-order valence-electron chi connectivity index (χ1n) is 9.55. The van der Waals surface area contributed by atoms with Crippen molar-refractivity contribution in [2.45, 2.75) is 18.0 Å². The van der Waals surface area contributed by atoms with Gasteiger partial charge >= 0.3 is 6.09 Å². The zero-order valence-corrected chi connectivity index (χ0v) is 17.8. The molecule has 9 nitrogen and oxygen atoms in total. The molecule has 166 valence electrons. The fourth-order valence-corrected chi connectivity index (χ4v) is 4.86. The molecule has 1 aliphatic heterocycles. The number of fused-ring (bicyclic) bond motifs is 2. The van der Waals surface area contributed by atoms with Crippen LogP contribution in [-0.2, 0) is 23.2 Å². The molecule has 0 fully saturated rings. The quantitative estimate of drug-likeness (QED) is 0.456. The van der Waals surface area contributed by atoms with E-state index in [1.165, 1.54) is 30.8 Å². The Balaban J connectivity index is 1.90. The van der Waals surface area contributed by atoms with Gasteiger partial charge in [0, 0.05) is 0 Å². The molecule has 0 bridgehead atoms. The number of amides is 1. The summed E-state index contributed by atoms with van der Waals surface area (Å²) < 4.78 is 44.8. The zero-order valence-electron chi connectivity index (χ0n) is 17.0. The van der Waals surface area contributed by atoms with Gasteiger partial charge in [-0.15, -0.1) is 0 Å². The van der Waals surface area contributed by atoms with Gasteiger partial charge < -0.3 is 14.2 Å². The molecule has 2 N–H and O–H groups in total. The second-order valence-electron chi connectivity index (χ2n) is 6.85. The van der Waals surface area contributed by atoms with Gasteiger partial charge in [0.05, 0.1) is 18.6 Å². The summed E-state index contributed by atoms with van der Waals surface area (Å²) >= 11 is 0. The van der Waals surface area contributed by atoms with Gasteiger partial charge in [-0.3, -0.25) is 9.51 Å². The van der Waals surface area contributed by atoms with E-state index in [0.29, 0.717) is 5.75 Å². The van der Waals surface area contributed by atoms with Gasteiger partial charge in [-0.1, -0.05) is 30.3 Å². The summed E-state index contributed by atoms with van der Waals surface area (Å²) in [6.07, 6.45) is -1.16. The van der Waals surface area contributed by atoms with Crippen LogP contribution in [0.3, 0.4) is 0 Å². The number of hydroxylamine groups is 1. The summed E-state index contributed by atoms with van der Waals surface area (Å²) in [5.41, 5.74) is 2.98. The molecule has 32 heavy (non-hydrogen) atoms. The van der Waals surface area contributed by atoms with Crippen LogP contribution in [0, 0.1) is 0 Å². The van der Waals surface area contributed by atoms with Gasteiger partial charge in [-0.2, -0.15) is 0 Å². The van der Waals surface area contributed by atoms with E-state index in [4.69, 9.17) is 19.4 Å². The predicted molar refractivity (Wildman–Crippen MR) is 115 cm³/mol. The lowest BCUT2D eigenvalue weighted by Crippen LogP contribution is -2.33. The Morgan fingerprint density at radius 2 is 1.75 bits per heavy atom. The van der Waals surface area contributed by atoms with Crippen molar-refractivity contribution in [3.63, 3.8) is 0 Å². The Hall–Kier alpha value is -3.76. The Kier molecular flexibility index (Phi) is 5.89. The molecule has 3 aromatic rings. The molecule has 3 aromatic carbocycles. The molecular formula is C22H20N2O7S. The average molecular weight is 456 g/mol. The fourth-order valence-electron chi connectivity index (χ4n) is 3.39. The lowest BCUT2D eigenvalue weighted by atomic mass is 10.1. The SMILES string of the molecule is COc1ccc(S(=O)(=O)N2Cc3ccccc3COc3cccc(OC(=O)NO)c32)cc1. The van der Waals surface area contributed by atoms with Crippen LogP contribution in [0.25, 0.3) is 0 Å². The highest BCUT2D eigenvalue weighted by molar-refractivity contribution is 7.92. The van der Waals surface area contributed by atoms with E-state index in [1.807, 2.05) is 18.2 Å². The Labute approximate surface area is 184 Å². The summed E-state index contributed by atoms with van der Waals surface area (Å²) in [5, 5.41) is 8.88. The molecule has 0 saturated heterocycles. The number of anilines is 1. The number of carbonyl (C=O) groups excluding carboxylic acids is 1. The molecule has 0 spiro atoms. The maximum atomic E-state index is 13.8. The fraction of sp³-hybridized carbons (Fsp3) is 0.136. The van der Waals surface area contributed by atoms with E-state index in [-0.39, 0.29) is 35.2 Å². The Morgan fingerprint density at radius 1 is 1.03 bits per heavy atom. The van der Waals surface area contributed by atoms with Crippen LogP contribution in [0.15, 0.2) is 71.6 Å². The second kappa shape index (κ2) is 8.77. The third-order valence-electron chi connectivity index (χ3n) is 4.97. The van der Waals surface area contributed by atoms with E-state index < -0.39 is 16.1 Å². The molecule has 4 rings (SSSR count). The molecule has 0 aromatic heterocycles. The van der Waals surface area contributed by atoms with Gasteiger partial charge in [0.2, 0.25) is 0 Å². The number of methoxy groups -OCH3 is 1. The average Bonchev–Trinajstić information content (AvgIpc) is 2.80. The van der Waals surface area contributed by atoms with Gasteiger partial charge in [0.1, 0.15) is 23.8 Å². The lowest BCUT2D eigenvalue weighted by molar-refractivity contribution is 0.127. The summed E-state index contributed by atoms with van der Waals surface area (Å²) in [7, 11) is -2.64. The topological polar surface area (TPSA) is 114 Å². The maximum absolute atomic E-state index is 13.8. The number of rotatable bonds is 4. The van der Waals surface area contributed by atoms with Crippen molar-refractivity contribution < 1.29 is 32.6 Å². The van der Waals surface area contributed by atoms with Crippen molar-refractivity contribution in [2.24, 2.45) is 0 Å². The highest BCUT2D eigenvalue weighted by Gasteiger charge is 2.33. The van der Waals surface area contributed by atoms with Crippen molar-refractivity contribution >= 4 is 21.8 Å². The number of nitrogens with one attached hydrogen (secondary N) is 1. The van der Waals surface area contributed by atoms with E-state index >= 15 is 0 Å². The zero-order chi connectivity index (χ0) is 22.7. The number of carbonyl (C=O) groups is 1. The van der Waals surface area contributed by atoms with E-state index in [2.05, 4.69) is 0 Å². The van der Waals surface area contributed by atoms with Crippen molar-refractivity contribution in [3.05, 3.63) is 77.9 Å². The van der Waals surface area contributed by atoms with Gasteiger partial charge in [0.15, 0.2) is 5.75 Å². The summed E-state index contributed by atoms with van der Waals surface area (Å²) in [5.74, 6) is 0.625. The largest absolute Gasteiger partial charge is 0.497 e. The van der Waals surface area contributed by atoms with Crippen molar-refractivity contribution in [2.75, 3.05) is 11.4 Å². The number of nitrogens with zero attached hydrogens (tertiary/aromatic N) is 1. The van der Waals surface area contributed by atoms with Crippen molar-refractivity contribution in [3.8, 4) is 17.2 Å². The van der Waals surface area contributed by atoms with Crippen LogP contribution in [0.4, 0.5) is 10.5 Å². The van der Waals surface area contributed by atoms with Gasteiger partial charge in [-0.25, -0.2) is 18.7 Å². The number of hydrogen-bond donors (Lipinski definition) is 2. The maximum Gasteiger partial charge on any atom is 0.436 e. The van der Waals surface area contributed by atoms with Crippen molar-refractivity contribution in [1.82, 2.24) is 5.48 Å². The molecule has 1 aliphatic rings. The minimum absolute atomic E-state index is 0.0173. The Bertz CT molecular complexity index is 1240. The number of benzene rings is 3. The molecule has 0 unspecified atom stereocenters. The smallest absolute Gasteiger partial charge is 0.436 e. The molecule has 1 amide bonds. The first-order valence-corrected chi connectivity index (χ1v) is 11.0. The third-order valence-corrected chi connectivity index (χ3v) is 6.73. The standard InChI is InChI=1S/C22H20N2O7S/c1-29-17-9-11-18(12-10-17)32(27,28)24-13-15-5-2-3-6-16(15)14-30-19-7-4-8-20(21(19)24)31-22(25)23-26/h2-12,26H,13-14H2,1H3,(H,23,25). The minimum atomic E-state index is -4.12. The molecule has 10 heteroatoms. The second-order valence-corrected chi connectivity index (χ2v) is 8.71. The first-order chi connectivity index (χ1) is 15.4. The monoisotopic (exact) mass is 456 g/mol. The summed E-state index contributed by atoms with van der Waals surface area (Å²) in [6.45, 7) is 0.178. The molecule has 0 aliphatic carbocycles. The summed E-state index contributed by atoms with van der Waals surface area (Å²) in [6, 6.07) is 17.8. The lowest BCUT2D eigenvalue weighted by Gasteiger charge is -2.30. The van der Waals surface area contributed by atoms with Gasteiger partial charge in [-0.05, 0) is 47.5 Å². The highest BCUT2D eigenvalue weighted by atomic mass is 32.2. The van der Waals surface area contributed by atoms with E-state index in [9.17, 15) is 13.2 Å². The van der Waals surface area contributed by atoms with Crippen LogP contribution in [0.1, 0.15) is 11.1 Å². The number of para-hydroxylation sites is 1. The minimum Gasteiger partial charge on any atom is -0.497 e. The predicted octanol–water partition coefficient (Wildman–Crippen LogP) is 3.46. The first kappa shape index (κ1) is 21.5. The number of ether oxygens (including phenoxy) is 3. The van der Waals surface area contributed by atoms with Gasteiger partial charge in [0.25, 0.3) is 10.0 Å². The van der Waals surface area contributed by atoms with Crippen LogP contribution in [0.2, 0.25) is 0 Å². The van der Waals surface area contributed by atoms with Crippen LogP contribution < -0.4 is 24.0 Å². The number of sulfonamides is 1. The normalized spacial score (nSPS) is 13.0. The summed E-state index contributed by atoms with van der Waals surface area (Å²) in [4.78, 5) is 11.7. The van der Waals surface area contributed by atoms with Crippen LogP contribution >= 0.6 is 0 Å². The third kappa shape index (κ3) is 4.05. The van der Waals surface area contributed by atoms with Crippen molar-refractivity contribution in [1.29, 1.82) is 0 Å². The van der Waals surface area contributed by atoms with E-state index in [0.717, 1.165) is 15.4 Å². The molecule has 0 saturated carbocycles.